The van der Waals surface area contributed by atoms with Crippen molar-refractivity contribution in [3.05, 3.63) is 21.6 Å². The van der Waals surface area contributed by atoms with E-state index < -0.39 is 0 Å². The van der Waals surface area contributed by atoms with Gasteiger partial charge < -0.3 is 10.4 Å². The molecule has 0 spiro atoms. The molecule has 6 heteroatoms. The van der Waals surface area contributed by atoms with Gasteiger partial charge in [0.2, 0.25) is 0 Å². The molecule has 0 aliphatic rings. The van der Waals surface area contributed by atoms with Crippen LogP contribution in [0.25, 0.3) is 0 Å². The number of halogens is 1. The minimum atomic E-state index is -0.254. The van der Waals surface area contributed by atoms with Crippen LogP contribution in [-0.2, 0) is 6.54 Å². The summed E-state index contributed by atoms with van der Waals surface area (Å²) in [6, 6.07) is 0. The van der Waals surface area contributed by atoms with Gasteiger partial charge in [-0.1, -0.05) is 25.4 Å². The SMILES string of the molecule is CC(C)Cn1ncc(NCCCCCO)c(Cl)c1=O. The average molecular weight is 288 g/mol. The number of anilines is 1. The Morgan fingerprint density at radius 2 is 2.16 bits per heavy atom. The lowest BCUT2D eigenvalue weighted by Gasteiger charge is -2.11. The summed E-state index contributed by atoms with van der Waals surface area (Å²) in [7, 11) is 0. The van der Waals surface area contributed by atoms with Gasteiger partial charge in [0.05, 0.1) is 11.9 Å². The number of aromatic nitrogens is 2. The fourth-order valence-electron chi connectivity index (χ4n) is 1.70. The number of aliphatic hydroxyl groups is 1. The van der Waals surface area contributed by atoms with E-state index in [4.69, 9.17) is 16.7 Å². The Labute approximate surface area is 118 Å². The third kappa shape index (κ3) is 5.20. The van der Waals surface area contributed by atoms with Crippen LogP contribution >= 0.6 is 11.6 Å². The maximum atomic E-state index is 12.0. The lowest BCUT2D eigenvalue weighted by Crippen LogP contribution is -2.26. The number of unbranched alkanes of at least 4 members (excludes halogenated alkanes) is 2. The average Bonchev–Trinajstić information content (AvgIpc) is 2.37. The molecular formula is C13H22ClN3O2. The summed E-state index contributed by atoms with van der Waals surface area (Å²) in [4.78, 5) is 12.0. The van der Waals surface area contributed by atoms with E-state index in [1.807, 2.05) is 13.8 Å². The van der Waals surface area contributed by atoms with E-state index in [1.54, 1.807) is 6.20 Å². The Morgan fingerprint density at radius 1 is 1.42 bits per heavy atom. The van der Waals surface area contributed by atoms with Crippen molar-refractivity contribution < 1.29 is 5.11 Å². The zero-order chi connectivity index (χ0) is 14.3. The zero-order valence-electron chi connectivity index (χ0n) is 11.5. The highest BCUT2D eigenvalue weighted by Crippen LogP contribution is 2.15. The van der Waals surface area contributed by atoms with Gasteiger partial charge in [0.25, 0.3) is 5.56 Å². The largest absolute Gasteiger partial charge is 0.396 e. The van der Waals surface area contributed by atoms with Gasteiger partial charge in [-0.05, 0) is 25.2 Å². The van der Waals surface area contributed by atoms with Crippen LogP contribution < -0.4 is 10.9 Å². The second-order valence-electron chi connectivity index (χ2n) is 4.96. The molecular weight excluding hydrogens is 266 g/mol. The Kier molecular flexibility index (Phi) is 6.87. The summed E-state index contributed by atoms with van der Waals surface area (Å²) < 4.78 is 1.39. The predicted molar refractivity (Wildman–Crippen MR) is 77.8 cm³/mol. The van der Waals surface area contributed by atoms with E-state index in [0.29, 0.717) is 18.2 Å². The van der Waals surface area contributed by atoms with Crippen molar-refractivity contribution in [3.63, 3.8) is 0 Å². The van der Waals surface area contributed by atoms with Crippen LogP contribution in [0.2, 0.25) is 5.02 Å². The lowest BCUT2D eigenvalue weighted by atomic mass is 10.2. The first-order chi connectivity index (χ1) is 9.06. The van der Waals surface area contributed by atoms with Gasteiger partial charge >= 0.3 is 0 Å². The van der Waals surface area contributed by atoms with Crippen molar-refractivity contribution in [2.75, 3.05) is 18.5 Å². The summed E-state index contributed by atoms with van der Waals surface area (Å²) in [5.41, 5.74) is 0.325. The van der Waals surface area contributed by atoms with Gasteiger partial charge in [0.15, 0.2) is 0 Å². The second kappa shape index (κ2) is 8.17. The Morgan fingerprint density at radius 3 is 2.79 bits per heavy atom. The summed E-state index contributed by atoms with van der Waals surface area (Å²) in [5, 5.41) is 16.1. The van der Waals surface area contributed by atoms with E-state index in [1.165, 1.54) is 4.68 Å². The Hall–Kier alpha value is -1.07. The molecule has 0 atom stereocenters. The first-order valence-corrected chi connectivity index (χ1v) is 7.04. The molecule has 0 bridgehead atoms. The van der Waals surface area contributed by atoms with E-state index in [0.717, 1.165) is 25.8 Å². The Bertz CT molecular complexity index is 446. The molecule has 108 valence electrons. The summed E-state index contributed by atoms with van der Waals surface area (Å²) in [6.45, 7) is 5.54. The van der Waals surface area contributed by atoms with Crippen molar-refractivity contribution in [2.24, 2.45) is 5.92 Å². The summed E-state index contributed by atoms with van der Waals surface area (Å²) >= 11 is 6.05. The molecule has 0 unspecified atom stereocenters. The molecule has 5 nitrogen and oxygen atoms in total. The molecule has 1 rings (SSSR count). The van der Waals surface area contributed by atoms with Crippen LogP contribution in [0.5, 0.6) is 0 Å². The van der Waals surface area contributed by atoms with E-state index in [9.17, 15) is 4.79 Å². The van der Waals surface area contributed by atoms with Crippen molar-refractivity contribution in [2.45, 2.75) is 39.7 Å². The van der Waals surface area contributed by atoms with Crippen molar-refractivity contribution in [1.82, 2.24) is 9.78 Å². The highest BCUT2D eigenvalue weighted by Gasteiger charge is 2.09. The molecule has 0 aliphatic carbocycles. The van der Waals surface area contributed by atoms with Crippen LogP contribution in [0.1, 0.15) is 33.1 Å². The van der Waals surface area contributed by atoms with Crippen molar-refractivity contribution in [3.8, 4) is 0 Å². The number of hydrogen-bond donors (Lipinski definition) is 2. The van der Waals surface area contributed by atoms with Crippen LogP contribution in [0.15, 0.2) is 11.0 Å². The van der Waals surface area contributed by atoms with E-state index in [2.05, 4.69) is 10.4 Å². The molecule has 19 heavy (non-hydrogen) atoms. The molecule has 1 heterocycles. The number of rotatable bonds is 8. The van der Waals surface area contributed by atoms with Gasteiger partial charge in [-0.25, -0.2) is 4.68 Å². The number of hydrogen-bond acceptors (Lipinski definition) is 4. The molecule has 2 N–H and O–H groups in total. The number of nitrogens with one attached hydrogen (secondary N) is 1. The van der Waals surface area contributed by atoms with Crippen molar-refractivity contribution in [1.29, 1.82) is 0 Å². The van der Waals surface area contributed by atoms with Gasteiger partial charge in [-0.2, -0.15) is 5.10 Å². The highest BCUT2D eigenvalue weighted by molar-refractivity contribution is 6.32. The first-order valence-electron chi connectivity index (χ1n) is 6.66. The van der Waals surface area contributed by atoms with Crippen molar-refractivity contribution >= 4 is 17.3 Å². The maximum absolute atomic E-state index is 12.0. The number of nitrogens with zero attached hydrogens (tertiary/aromatic N) is 2. The van der Waals surface area contributed by atoms with Crippen LogP contribution in [-0.4, -0.2) is 28.0 Å². The minimum Gasteiger partial charge on any atom is -0.396 e. The van der Waals surface area contributed by atoms with Gasteiger partial charge in [-0.15, -0.1) is 0 Å². The summed E-state index contributed by atoms with van der Waals surface area (Å²) in [6.07, 6.45) is 4.26. The Balaban J connectivity index is 2.61. The quantitative estimate of drug-likeness (QED) is 0.719. The van der Waals surface area contributed by atoms with E-state index >= 15 is 0 Å². The normalized spacial score (nSPS) is 11.0. The molecule has 0 fully saturated rings. The fourth-order valence-corrected chi connectivity index (χ4v) is 1.91. The number of aliphatic hydroxyl groups excluding tert-OH is 1. The molecule has 1 aromatic rings. The maximum Gasteiger partial charge on any atom is 0.287 e. The molecule has 0 aliphatic heterocycles. The minimum absolute atomic E-state index is 0.192. The van der Waals surface area contributed by atoms with Gasteiger partial charge in [-0.3, -0.25) is 4.79 Å². The topological polar surface area (TPSA) is 67.2 Å². The van der Waals surface area contributed by atoms with Crippen LogP contribution in [0, 0.1) is 5.92 Å². The third-order valence-electron chi connectivity index (χ3n) is 2.67. The molecule has 0 saturated heterocycles. The first kappa shape index (κ1) is 16.0. The molecule has 0 aromatic carbocycles. The van der Waals surface area contributed by atoms with Crippen LogP contribution in [0.3, 0.4) is 0 Å². The van der Waals surface area contributed by atoms with Gasteiger partial charge in [0.1, 0.15) is 5.02 Å². The summed E-state index contributed by atoms with van der Waals surface area (Å²) in [5.74, 6) is 0.346. The third-order valence-corrected chi connectivity index (χ3v) is 3.04. The monoisotopic (exact) mass is 287 g/mol. The standard InChI is InChI=1S/C13H22ClN3O2/c1-10(2)9-17-13(19)12(14)11(8-16-17)15-6-4-3-5-7-18/h8,10,15,18H,3-7,9H2,1-2H3. The molecule has 0 amide bonds. The smallest absolute Gasteiger partial charge is 0.287 e. The molecule has 0 radical (unpaired) electrons. The van der Waals surface area contributed by atoms with Crippen LogP contribution in [0.4, 0.5) is 5.69 Å². The van der Waals surface area contributed by atoms with Gasteiger partial charge in [0, 0.05) is 19.7 Å². The predicted octanol–water partition coefficient (Wildman–Crippen LogP) is 2.13. The lowest BCUT2D eigenvalue weighted by molar-refractivity contribution is 0.283. The zero-order valence-corrected chi connectivity index (χ0v) is 12.3. The molecule has 0 saturated carbocycles. The second-order valence-corrected chi connectivity index (χ2v) is 5.34. The molecule has 1 aromatic heterocycles. The van der Waals surface area contributed by atoms with E-state index in [-0.39, 0.29) is 17.2 Å². The highest BCUT2D eigenvalue weighted by atomic mass is 35.5. The fraction of sp³-hybridized carbons (Fsp3) is 0.692.